The highest BCUT2D eigenvalue weighted by Gasteiger charge is 2.22. The van der Waals surface area contributed by atoms with E-state index in [2.05, 4.69) is 4.74 Å². The first kappa shape index (κ1) is 14.4. The van der Waals surface area contributed by atoms with Crippen LogP contribution >= 0.6 is 0 Å². The molecule has 18 heavy (non-hydrogen) atoms. The van der Waals surface area contributed by atoms with Crippen molar-refractivity contribution in [2.75, 3.05) is 7.11 Å². The minimum absolute atomic E-state index is 0.0970. The van der Waals surface area contributed by atoms with E-state index in [1.165, 1.54) is 14.0 Å². The topological polar surface area (TPSA) is 92.7 Å². The molecule has 8 heteroatoms. The number of carbonyl (C=O) groups is 1. The number of sulfonamides is 1. The van der Waals surface area contributed by atoms with Crippen molar-refractivity contribution in [1.82, 2.24) is 4.72 Å². The Morgan fingerprint density at radius 3 is 2.56 bits per heavy atom. The fourth-order valence-corrected chi connectivity index (χ4v) is 2.37. The number of aliphatic carboxylic acids is 1. The number of benzene rings is 1. The van der Waals surface area contributed by atoms with E-state index in [0.717, 1.165) is 18.2 Å². The Balaban J connectivity index is 3.06. The molecular formula is C10H12FNO5S. The number of nitrogens with one attached hydrogen (secondary N) is 1. The average molecular weight is 277 g/mol. The molecule has 0 aliphatic heterocycles. The normalized spacial score (nSPS) is 13.1. The van der Waals surface area contributed by atoms with Crippen molar-refractivity contribution in [3.8, 4) is 5.75 Å². The van der Waals surface area contributed by atoms with Crippen molar-refractivity contribution in [3.63, 3.8) is 0 Å². The second-order valence-electron chi connectivity index (χ2n) is 3.48. The van der Waals surface area contributed by atoms with Crippen molar-refractivity contribution >= 4 is 16.0 Å². The van der Waals surface area contributed by atoms with Gasteiger partial charge in [0.2, 0.25) is 10.0 Å². The third-order valence-electron chi connectivity index (χ3n) is 2.14. The van der Waals surface area contributed by atoms with E-state index in [1.54, 1.807) is 0 Å². The van der Waals surface area contributed by atoms with E-state index in [4.69, 9.17) is 5.11 Å². The third-order valence-corrected chi connectivity index (χ3v) is 3.67. The number of hydrogen-bond acceptors (Lipinski definition) is 4. The van der Waals surface area contributed by atoms with Crippen LogP contribution in [0.2, 0.25) is 0 Å². The summed E-state index contributed by atoms with van der Waals surface area (Å²) in [7, 11) is -2.83. The van der Waals surface area contributed by atoms with E-state index in [-0.39, 0.29) is 10.6 Å². The molecule has 6 nitrogen and oxygen atoms in total. The second-order valence-corrected chi connectivity index (χ2v) is 5.19. The van der Waals surface area contributed by atoms with E-state index in [1.807, 2.05) is 4.72 Å². The molecule has 0 aliphatic carbocycles. The van der Waals surface area contributed by atoms with Gasteiger partial charge in [-0.1, -0.05) is 0 Å². The summed E-state index contributed by atoms with van der Waals surface area (Å²) in [5.41, 5.74) is 0. The summed E-state index contributed by atoms with van der Waals surface area (Å²) in [6.45, 7) is 1.17. The number of rotatable bonds is 5. The minimum atomic E-state index is -4.08. The predicted octanol–water partition coefficient (Wildman–Crippen LogP) is 0.586. The zero-order valence-electron chi connectivity index (χ0n) is 9.68. The number of halogens is 1. The Labute approximate surface area is 103 Å². The van der Waals surface area contributed by atoms with Crippen LogP contribution in [0.1, 0.15) is 6.92 Å². The van der Waals surface area contributed by atoms with Crippen LogP contribution in [0.15, 0.2) is 23.1 Å². The van der Waals surface area contributed by atoms with Gasteiger partial charge in [-0.05, 0) is 25.1 Å². The van der Waals surface area contributed by atoms with Gasteiger partial charge < -0.3 is 9.84 Å². The Morgan fingerprint density at radius 1 is 1.50 bits per heavy atom. The summed E-state index contributed by atoms with van der Waals surface area (Å²) in [4.78, 5) is 10.2. The van der Waals surface area contributed by atoms with Crippen LogP contribution in [-0.4, -0.2) is 32.6 Å². The van der Waals surface area contributed by atoms with Gasteiger partial charge in [0.25, 0.3) is 0 Å². The lowest BCUT2D eigenvalue weighted by Gasteiger charge is -2.11. The maximum Gasteiger partial charge on any atom is 0.321 e. The fraction of sp³-hybridized carbons (Fsp3) is 0.300. The Hall–Kier alpha value is -1.67. The van der Waals surface area contributed by atoms with E-state index in [9.17, 15) is 17.6 Å². The van der Waals surface area contributed by atoms with E-state index >= 15 is 0 Å². The molecule has 0 fully saturated rings. The molecule has 1 rings (SSSR count). The van der Waals surface area contributed by atoms with Gasteiger partial charge in [-0.15, -0.1) is 0 Å². The maximum atomic E-state index is 13.3. The molecule has 0 aromatic heterocycles. The van der Waals surface area contributed by atoms with Crippen molar-refractivity contribution in [2.24, 2.45) is 0 Å². The average Bonchev–Trinajstić information content (AvgIpc) is 2.28. The molecule has 0 bridgehead atoms. The molecule has 0 amide bonds. The molecule has 1 atom stereocenters. The van der Waals surface area contributed by atoms with Gasteiger partial charge in [0.1, 0.15) is 6.04 Å². The quantitative estimate of drug-likeness (QED) is 0.821. The molecule has 0 aliphatic rings. The molecule has 1 aromatic carbocycles. The molecule has 0 saturated heterocycles. The molecule has 0 radical (unpaired) electrons. The SMILES string of the molecule is COc1ccc(S(=O)(=O)NC(C)C(=O)O)cc1F. The monoisotopic (exact) mass is 277 g/mol. The Bertz CT molecular complexity index is 557. The van der Waals surface area contributed by atoms with Crippen molar-refractivity contribution in [3.05, 3.63) is 24.0 Å². The standard InChI is InChI=1S/C10H12FNO5S/c1-6(10(13)14)12-18(15,16)7-3-4-9(17-2)8(11)5-7/h3-6,12H,1-2H3,(H,13,14). The highest BCUT2D eigenvalue weighted by molar-refractivity contribution is 7.89. The number of methoxy groups -OCH3 is 1. The summed E-state index contributed by atoms with van der Waals surface area (Å²) in [6, 6.07) is 1.73. The van der Waals surface area contributed by atoms with Crippen LogP contribution in [-0.2, 0) is 14.8 Å². The number of carboxylic acid groups (broad SMARTS) is 1. The largest absolute Gasteiger partial charge is 0.494 e. The van der Waals surface area contributed by atoms with Gasteiger partial charge in [0, 0.05) is 0 Å². The van der Waals surface area contributed by atoms with Gasteiger partial charge in [0.15, 0.2) is 11.6 Å². The lowest BCUT2D eigenvalue weighted by Crippen LogP contribution is -2.38. The molecule has 1 aromatic rings. The lowest BCUT2D eigenvalue weighted by molar-refractivity contribution is -0.138. The van der Waals surface area contributed by atoms with Gasteiger partial charge in [0.05, 0.1) is 12.0 Å². The van der Waals surface area contributed by atoms with Gasteiger partial charge in [-0.25, -0.2) is 12.8 Å². The molecule has 2 N–H and O–H groups in total. The number of hydrogen-bond donors (Lipinski definition) is 2. The van der Waals surface area contributed by atoms with Crippen molar-refractivity contribution in [1.29, 1.82) is 0 Å². The van der Waals surface area contributed by atoms with Gasteiger partial charge in [-0.3, -0.25) is 4.79 Å². The smallest absolute Gasteiger partial charge is 0.321 e. The van der Waals surface area contributed by atoms with Crippen molar-refractivity contribution in [2.45, 2.75) is 17.9 Å². The third kappa shape index (κ3) is 3.17. The zero-order valence-corrected chi connectivity index (χ0v) is 10.5. The minimum Gasteiger partial charge on any atom is -0.494 e. The first-order valence-electron chi connectivity index (χ1n) is 4.86. The van der Waals surface area contributed by atoms with Crippen LogP contribution in [0.3, 0.4) is 0 Å². The second kappa shape index (κ2) is 5.32. The molecule has 0 saturated carbocycles. The molecule has 0 heterocycles. The van der Waals surface area contributed by atoms with E-state index in [0.29, 0.717) is 0 Å². The van der Waals surface area contributed by atoms with Crippen LogP contribution in [0.5, 0.6) is 5.75 Å². The highest BCUT2D eigenvalue weighted by atomic mass is 32.2. The molecule has 0 spiro atoms. The summed E-state index contributed by atoms with van der Waals surface area (Å²) < 4.78 is 43.3. The molecular weight excluding hydrogens is 265 g/mol. The lowest BCUT2D eigenvalue weighted by atomic mass is 10.3. The highest BCUT2D eigenvalue weighted by Crippen LogP contribution is 2.20. The Morgan fingerprint density at radius 2 is 2.11 bits per heavy atom. The van der Waals surface area contributed by atoms with Gasteiger partial charge in [-0.2, -0.15) is 4.72 Å². The van der Waals surface area contributed by atoms with Crippen molar-refractivity contribution < 1.29 is 27.4 Å². The Kier molecular flexibility index (Phi) is 4.25. The molecule has 100 valence electrons. The number of carboxylic acids is 1. The maximum absolute atomic E-state index is 13.3. The fourth-order valence-electron chi connectivity index (χ4n) is 1.17. The van der Waals surface area contributed by atoms with Crippen LogP contribution in [0.25, 0.3) is 0 Å². The predicted molar refractivity (Wildman–Crippen MR) is 60.4 cm³/mol. The first-order chi connectivity index (χ1) is 8.27. The van der Waals surface area contributed by atoms with E-state index < -0.39 is 27.9 Å². The summed E-state index contributed by atoms with van der Waals surface area (Å²) in [5, 5.41) is 8.61. The summed E-state index contributed by atoms with van der Waals surface area (Å²) in [5.74, 6) is -2.27. The molecule has 1 unspecified atom stereocenters. The summed E-state index contributed by atoms with van der Waals surface area (Å²) >= 11 is 0. The summed E-state index contributed by atoms with van der Waals surface area (Å²) in [6.07, 6.45) is 0. The van der Waals surface area contributed by atoms with Crippen LogP contribution < -0.4 is 9.46 Å². The zero-order chi connectivity index (χ0) is 13.9. The first-order valence-corrected chi connectivity index (χ1v) is 6.35. The number of ether oxygens (including phenoxy) is 1. The van der Waals surface area contributed by atoms with Crippen LogP contribution in [0, 0.1) is 5.82 Å². The van der Waals surface area contributed by atoms with Crippen LogP contribution in [0.4, 0.5) is 4.39 Å². The van der Waals surface area contributed by atoms with Gasteiger partial charge >= 0.3 is 5.97 Å².